The van der Waals surface area contributed by atoms with Crippen LogP contribution in [0.5, 0.6) is 11.5 Å². The third kappa shape index (κ3) is 3.55. The first-order chi connectivity index (χ1) is 11.5. The number of rotatable bonds is 3. The number of nitrogens with zero attached hydrogens (tertiary/aromatic N) is 1. The van der Waals surface area contributed by atoms with E-state index in [2.05, 4.69) is 5.32 Å². The number of nitrogens with one attached hydrogen (secondary N) is 1. The van der Waals surface area contributed by atoms with Crippen molar-refractivity contribution in [3.63, 3.8) is 0 Å². The maximum Gasteiger partial charge on any atom is 0.317 e. The molecule has 0 saturated carbocycles. The second kappa shape index (κ2) is 6.98. The topological polar surface area (TPSA) is 93.9 Å². The molecule has 0 spiro atoms. The predicted molar refractivity (Wildman–Crippen MR) is 87.9 cm³/mol. The maximum atomic E-state index is 12.3. The van der Waals surface area contributed by atoms with E-state index in [1.54, 1.807) is 4.90 Å². The fourth-order valence-electron chi connectivity index (χ4n) is 2.99. The molecule has 1 saturated heterocycles. The van der Waals surface area contributed by atoms with Gasteiger partial charge in [0, 0.05) is 19.5 Å². The Morgan fingerprint density at radius 2 is 2.04 bits per heavy atom. The Bertz CT molecular complexity index is 634. The Morgan fingerprint density at radius 1 is 1.29 bits per heavy atom. The minimum atomic E-state index is -0.346. The van der Waals surface area contributed by atoms with Gasteiger partial charge in [-0.2, -0.15) is 0 Å². The second-order valence-corrected chi connectivity index (χ2v) is 6.26. The van der Waals surface area contributed by atoms with Gasteiger partial charge in [0.15, 0.2) is 11.5 Å². The lowest BCUT2D eigenvalue weighted by Gasteiger charge is -2.21. The zero-order valence-electron chi connectivity index (χ0n) is 13.8. The fraction of sp³-hybridized carbons (Fsp3) is 0.529. The first-order valence-electron chi connectivity index (χ1n) is 8.29. The highest BCUT2D eigenvalue weighted by atomic mass is 16.5. The summed E-state index contributed by atoms with van der Waals surface area (Å²) in [4.78, 5) is 25.2. The Kier molecular flexibility index (Phi) is 4.78. The number of hydrogen-bond donors (Lipinski definition) is 2. The van der Waals surface area contributed by atoms with Crippen LogP contribution in [0.15, 0.2) is 18.2 Å². The van der Waals surface area contributed by atoms with Crippen molar-refractivity contribution in [2.75, 3.05) is 26.3 Å². The van der Waals surface area contributed by atoms with E-state index in [9.17, 15) is 9.59 Å². The van der Waals surface area contributed by atoms with Crippen LogP contribution in [0.25, 0.3) is 0 Å². The zero-order chi connectivity index (χ0) is 17.1. The molecular formula is C17H23N3O4. The van der Waals surface area contributed by atoms with E-state index in [1.165, 1.54) is 0 Å². The standard InChI is InChI=1S/C17H23N3O4/c1-11(19-17(22)20-6-5-13(10-20)16(18)21)12-3-4-14-15(9-12)24-8-2-7-23-14/h3-4,9,11,13H,2,5-8,10H2,1H3,(H2,18,21)(H,19,22)/t11-,13-/m1/s1. The molecular weight excluding hydrogens is 310 g/mol. The van der Waals surface area contributed by atoms with Gasteiger partial charge in [0.2, 0.25) is 5.91 Å². The first kappa shape index (κ1) is 16.4. The first-order valence-corrected chi connectivity index (χ1v) is 8.29. The molecule has 7 nitrogen and oxygen atoms in total. The normalized spacial score (nSPS) is 21.0. The van der Waals surface area contributed by atoms with Crippen LogP contribution in [0.1, 0.15) is 31.4 Å². The van der Waals surface area contributed by atoms with Crippen molar-refractivity contribution < 1.29 is 19.1 Å². The van der Waals surface area contributed by atoms with Gasteiger partial charge < -0.3 is 25.4 Å². The number of amides is 3. The van der Waals surface area contributed by atoms with Gasteiger partial charge in [-0.15, -0.1) is 0 Å². The molecule has 3 rings (SSSR count). The number of hydrogen-bond acceptors (Lipinski definition) is 4. The summed E-state index contributed by atoms with van der Waals surface area (Å²) in [6, 6.07) is 5.34. The molecule has 130 valence electrons. The Hall–Kier alpha value is -2.44. The monoisotopic (exact) mass is 333 g/mol. The largest absolute Gasteiger partial charge is 0.490 e. The fourth-order valence-corrected chi connectivity index (χ4v) is 2.99. The molecule has 0 aliphatic carbocycles. The summed E-state index contributed by atoms with van der Waals surface area (Å²) in [5.41, 5.74) is 6.25. The number of ether oxygens (including phenoxy) is 2. The van der Waals surface area contributed by atoms with Crippen LogP contribution < -0.4 is 20.5 Å². The number of carbonyl (C=O) groups is 2. The van der Waals surface area contributed by atoms with Crippen molar-refractivity contribution in [1.82, 2.24) is 10.2 Å². The predicted octanol–water partition coefficient (Wildman–Crippen LogP) is 1.43. The number of primary amides is 1. The number of nitrogens with two attached hydrogens (primary N) is 1. The number of likely N-dealkylation sites (tertiary alicyclic amines) is 1. The molecule has 2 aliphatic heterocycles. The number of fused-ring (bicyclic) bond motifs is 1. The van der Waals surface area contributed by atoms with E-state index in [4.69, 9.17) is 15.2 Å². The van der Waals surface area contributed by atoms with Crippen LogP contribution in [0.3, 0.4) is 0 Å². The van der Waals surface area contributed by atoms with Gasteiger partial charge in [0.25, 0.3) is 0 Å². The third-order valence-corrected chi connectivity index (χ3v) is 4.49. The molecule has 1 fully saturated rings. The summed E-state index contributed by atoms with van der Waals surface area (Å²) >= 11 is 0. The molecule has 0 radical (unpaired) electrons. The molecule has 3 amide bonds. The molecule has 0 aromatic heterocycles. The second-order valence-electron chi connectivity index (χ2n) is 6.26. The number of benzene rings is 1. The average molecular weight is 333 g/mol. The molecule has 1 aromatic rings. The van der Waals surface area contributed by atoms with Crippen LogP contribution >= 0.6 is 0 Å². The van der Waals surface area contributed by atoms with Gasteiger partial charge in [0.05, 0.1) is 25.2 Å². The minimum Gasteiger partial charge on any atom is -0.490 e. The summed E-state index contributed by atoms with van der Waals surface area (Å²) in [6.45, 7) is 4.12. The zero-order valence-corrected chi connectivity index (χ0v) is 13.8. The van der Waals surface area contributed by atoms with Crippen molar-refractivity contribution in [1.29, 1.82) is 0 Å². The summed E-state index contributed by atoms with van der Waals surface area (Å²) in [5, 5.41) is 2.96. The number of urea groups is 1. The highest BCUT2D eigenvalue weighted by molar-refractivity contribution is 5.80. The smallest absolute Gasteiger partial charge is 0.317 e. The lowest BCUT2D eigenvalue weighted by atomic mass is 10.1. The van der Waals surface area contributed by atoms with Crippen LogP contribution in [-0.2, 0) is 4.79 Å². The molecule has 24 heavy (non-hydrogen) atoms. The molecule has 0 unspecified atom stereocenters. The summed E-state index contributed by atoms with van der Waals surface area (Å²) < 4.78 is 11.3. The minimum absolute atomic E-state index is 0.178. The van der Waals surface area contributed by atoms with Gasteiger partial charge in [-0.25, -0.2) is 4.79 Å². The van der Waals surface area contributed by atoms with Gasteiger partial charge in [0.1, 0.15) is 0 Å². The Balaban J connectivity index is 1.62. The van der Waals surface area contributed by atoms with Crippen LogP contribution in [0.2, 0.25) is 0 Å². The van der Waals surface area contributed by atoms with Gasteiger partial charge in [-0.05, 0) is 31.0 Å². The highest BCUT2D eigenvalue weighted by Crippen LogP contribution is 2.32. The Labute approximate surface area is 141 Å². The molecule has 0 bridgehead atoms. The average Bonchev–Trinajstić information content (AvgIpc) is 2.94. The summed E-state index contributed by atoms with van der Waals surface area (Å²) in [7, 11) is 0. The van der Waals surface area contributed by atoms with Crippen molar-refractivity contribution in [3.05, 3.63) is 23.8 Å². The summed E-state index contributed by atoms with van der Waals surface area (Å²) in [6.07, 6.45) is 1.48. The molecule has 2 aliphatic rings. The van der Waals surface area contributed by atoms with Crippen molar-refractivity contribution in [3.8, 4) is 11.5 Å². The van der Waals surface area contributed by atoms with E-state index in [0.717, 1.165) is 17.7 Å². The SMILES string of the molecule is C[C@@H](NC(=O)N1CC[C@@H](C(N)=O)C1)c1ccc2c(c1)OCCCO2. The van der Waals surface area contributed by atoms with Crippen molar-refractivity contribution >= 4 is 11.9 Å². The van der Waals surface area contributed by atoms with E-state index < -0.39 is 0 Å². The van der Waals surface area contributed by atoms with Crippen LogP contribution in [0.4, 0.5) is 4.79 Å². The number of carbonyl (C=O) groups excluding carboxylic acids is 2. The quantitative estimate of drug-likeness (QED) is 0.875. The van der Waals surface area contributed by atoms with Gasteiger partial charge in [-0.1, -0.05) is 6.07 Å². The summed E-state index contributed by atoms with van der Waals surface area (Å²) in [5.74, 6) is 0.852. The third-order valence-electron chi connectivity index (χ3n) is 4.49. The lowest BCUT2D eigenvalue weighted by Crippen LogP contribution is -2.40. The molecule has 7 heteroatoms. The molecule has 1 aromatic carbocycles. The van der Waals surface area contributed by atoms with Crippen LogP contribution in [0, 0.1) is 5.92 Å². The van der Waals surface area contributed by atoms with Gasteiger partial charge >= 0.3 is 6.03 Å². The lowest BCUT2D eigenvalue weighted by molar-refractivity contribution is -0.121. The van der Waals surface area contributed by atoms with E-state index in [-0.39, 0.29) is 23.9 Å². The molecule has 2 heterocycles. The highest BCUT2D eigenvalue weighted by Gasteiger charge is 2.30. The van der Waals surface area contributed by atoms with E-state index in [1.807, 2.05) is 25.1 Å². The maximum absolute atomic E-state index is 12.3. The van der Waals surface area contributed by atoms with Crippen molar-refractivity contribution in [2.45, 2.75) is 25.8 Å². The van der Waals surface area contributed by atoms with Gasteiger partial charge in [-0.3, -0.25) is 4.79 Å². The van der Waals surface area contributed by atoms with Crippen LogP contribution in [-0.4, -0.2) is 43.1 Å². The molecule has 2 atom stereocenters. The van der Waals surface area contributed by atoms with Crippen molar-refractivity contribution in [2.24, 2.45) is 11.7 Å². The van der Waals surface area contributed by atoms with E-state index >= 15 is 0 Å². The molecule has 3 N–H and O–H groups in total. The Morgan fingerprint density at radius 3 is 2.75 bits per heavy atom. The van der Waals surface area contributed by atoms with E-state index in [0.29, 0.717) is 38.5 Å².